The van der Waals surface area contributed by atoms with Crippen LogP contribution in [-0.2, 0) is 11.3 Å². The van der Waals surface area contributed by atoms with E-state index in [1.807, 2.05) is 0 Å². The van der Waals surface area contributed by atoms with Crippen LogP contribution >= 0.6 is 0 Å². The minimum Gasteiger partial charge on any atom is -0.367 e. The van der Waals surface area contributed by atoms with E-state index >= 15 is 0 Å². The lowest BCUT2D eigenvalue weighted by molar-refractivity contribution is -0.125. The van der Waals surface area contributed by atoms with Crippen molar-refractivity contribution in [3.8, 4) is 0 Å². The molecule has 0 bridgehead atoms. The Morgan fingerprint density at radius 1 is 1.50 bits per heavy atom. The summed E-state index contributed by atoms with van der Waals surface area (Å²) in [5.74, 6) is -0.246. The van der Waals surface area contributed by atoms with Crippen LogP contribution in [0.3, 0.4) is 0 Å². The monoisotopic (exact) mass is 305 g/mol. The summed E-state index contributed by atoms with van der Waals surface area (Å²) in [5, 5.41) is 9.07. The molecular formula is C13H16FN7O. The second-order valence-corrected chi connectivity index (χ2v) is 5.02. The first-order valence-corrected chi connectivity index (χ1v) is 6.82. The van der Waals surface area contributed by atoms with Crippen LogP contribution in [-0.4, -0.2) is 27.6 Å². The van der Waals surface area contributed by atoms with Gasteiger partial charge in [0.1, 0.15) is 11.6 Å². The van der Waals surface area contributed by atoms with Crippen LogP contribution in [0.2, 0.25) is 0 Å². The molecule has 0 spiro atoms. The molecule has 22 heavy (non-hydrogen) atoms. The zero-order chi connectivity index (χ0) is 15.5. The molecule has 1 amide bonds. The van der Waals surface area contributed by atoms with Crippen LogP contribution in [0.25, 0.3) is 0 Å². The maximum atomic E-state index is 13.3. The number of anilines is 1. The summed E-state index contributed by atoms with van der Waals surface area (Å²) in [6.07, 6.45) is 0. The van der Waals surface area contributed by atoms with E-state index in [0.717, 1.165) is 0 Å². The minimum atomic E-state index is -0.359. The number of hydrazine groups is 1. The smallest absolute Gasteiger partial charge is 0.239 e. The number of nitrogen functional groups attached to an aromatic ring is 1. The van der Waals surface area contributed by atoms with Crippen molar-refractivity contribution >= 4 is 11.9 Å². The van der Waals surface area contributed by atoms with Gasteiger partial charge >= 0.3 is 0 Å². The van der Waals surface area contributed by atoms with Crippen molar-refractivity contribution in [1.82, 2.24) is 31.3 Å². The summed E-state index contributed by atoms with van der Waals surface area (Å²) >= 11 is 0. The molecule has 116 valence electrons. The van der Waals surface area contributed by atoms with Gasteiger partial charge in [-0.2, -0.15) is 4.98 Å². The fourth-order valence-corrected chi connectivity index (χ4v) is 2.45. The van der Waals surface area contributed by atoms with Gasteiger partial charge in [-0.3, -0.25) is 15.3 Å². The number of nitrogens with zero attached hydrogens (tertiary/aromatic N) is 2. The number of amides is 1. The topological polar surface area (TPSA) is 121 Å². The molecule has 1 saturated heterocycles. The van der Waals surface area contributed by atoms with E-state index in [-0.39, 0.29) is 36.2 Å². The maximum Gasteiger partial charge on any atom is 0.239 e. The molecule has 8 nitrogen and oxygen atoms in total. The lowest BCUT2D eigenvalue weighted by Gasteiger charge is -2.18. The fourth-order valence-electron chi connectivity index (χ4n) is 2.45. The van der Waals surface area contributed by atoms with E-state index in [9.17, 15) is 9.18 Å². The first kappa shape index (κ1) is 14.4. The maximum absolute atomic E-state index is 13.3. The molecule has 1 aliphatic heterocycles. The highest BCUT2D eigenvalue weighted by molar-refractivity contribution is 5.80. The lowest BCUT2D eigenvalue weighted by Crippen LogP contribution is -2.35. The number of H-pyrrole nitrogens is 1. The van der Waals surface area contributed by atoms with E-state index in [2.05, 4.69) is 31.3 Å². The van der Waals surface area contributed by atoms with Crippen molar-refractivity contribution in [2.24, 2.45) is 5.92 Å². The number of carbonyl (C=O) groups is 1. The van der Waals surface area contributed by atoms with Crippen LogP contribution in [0.4, 0.5) is 10.3 Å². The van der Waals surface area contributed by atoms with Crippen LogP contribution in [0, 0.1) is 11.7 Å². The standard InChI is InChI=1S/C13H16FN7O/c14-8-3-1-2-7(4-8)11-9(5-17-20-11)12(22)16-6-10-18-13(15)21-19-10/h1-4,9,11,17,20H,5-6H2,(H,16,22)(H3,15,18,19,21). The van der Waals surface area contributed by atoms with E-state index in [0.29, 0.717) is 17.9 Å². The Morgan fingerprint density at radius 2 is 2.36 bits per heavy atom. The highest BCUT2D eigenvalue weighted by atomic mass is 19.1. The van der Waals surface area contributed by atoms with Crippen molar-refractivity contribution in [2.75, 3.05) is 12.3 Å². The summed E-state index contributed by atoms with van der Waals surface area (Å²) in [6, 6.07) is 5.90. The highest BCUT2D eigenvalue weighted by Crippen LogP contribution is 2.25. The van der Waals surface area contributed by atoms with Crippen LogP contribution in [0.1, 0.15) is 17.4 Å². The molecular weight excluding hydrogens is 289 g/mol. The van der Waals surface area contributed by atoms with Crippen molar-refractivity contribution in [3.63, 3.8) is 0 Å². The number of benzene rings is 1. The van der Waals surface area contributed by atoms with E-state index in [4.69, 9.17) is 5.73 Å². The molecule has 2 aromatic rings. The van der Waals surface area contributed by atoms with Gasteiger partial charge in [0.15, 0.2) is 0 Å². The first-order valence-electron chi connectivity index (χ1n) is 6.82. The first-order chi connectivity index (χ1) is 10.6. The summed E-state index contributed by atoms with van der Waals surface area (Å²) in [5.41, 5.74) is 12.0. The second-order valence-electron chi connectivity index (χ2n) is 5.02. The average Bonchev–Trinajstić information content (AvgIpc) is 3.13. The molecule has 0 radical (unpaired) electrons. The van der Waals surface area contributed by atoms with Crippen LogP contribution in [0.5, 0.6) is 0 Å². The zero-order valence-corrected chi connectivity index (χ0v) is 11.6. The Kier molecular flexibility index (Phi) is 3.98. The van der Waals surface area contributed by atoms with Gasteiger partial charge in [-0.1, -0.05) is 12.1 Å². The van der Waals surface area contributed by atoms with Gasteiger partial charge in [0.25, 0.3) is 0 Å². The van der Waals surface area contributed by atoms with Gasteiger partial charge in [-0.25, -0.2) is 9.82 Å². The molecule has 0 saturated carbocycles. The Bertz CT molecular complexity index is 674. The zero-order valence-electron chi connectivity index (χ0n) is 11.6. The van der Waals surface area contributed by atoms with E-state index in [1.165, 1.54) is 12.1 Å². The minimum absolute atomic E-state index is 0.131. The second kappa shape index (κ2) is 6.08. The molecule has 3 rings (SSSR count). The summed E-state index contributed by atoms with van der Waals surface area (Å²) < 4.78 is 13.3. The number of hydrogen-bond acceptors (Lipinski definition) is 6. The van der Waals surface area contributed by atoms with Gasteiger partial charge in [0.2, 0.25) is 11.9 Å². The number of carbonyl (C=O) groups excluding carboxylic acids is 1. The highest BCUT2D eigenvalue weighted by Gasteiger charge is 2.34. The number of halogens is 1. The van der Waals surface area contributed by atoms with E-state index in [1.54, 1.807) is 12.1 Å². The summed E-state index contributed by atoms with van der Waals surface area (Å²) in [7, 11) is 0. The van der Waals surface area contributed by atoms with Crippen molar-refractivity contribution in [2.45, 2.75) is 12.6 Å². The van der Waals surface area contributed by atoms with Crippen LogP contribution in [0.15, 0.2) is 24.3 Å². The largest absolute Gasteiger partial charge is 0.367 e. The summed E-state index contributed by atoms with van der Waals surface area (Å²) in [4.78, 5) is 16.2. The summed E-state index contributed by atoms with van der Waals surface area (Å²) in [6.45, 7) is 0.654. The molecule has 2 unspecified atom stereocenters. The Morgan fingerprint density at radius 3 is 3.09 bits per heavy atom. The number of aromatic nitrogens is 3. The molecule has 0 aliphatic carbocycles. The lowest BCUT2D eigenvalue weighted by atomic mass is 9.94. The quantitative estimate of drug-likeness (QED) is 0.524. The Balaban J connectivity index is 1.66. The van der Waals surface area contributed by atoms with Gasteiger partial charge < -0.3 is 11.1 Å². The fraction of sp³-hybridized carbons (Fsp3) is 0.308. The molecule has 1 aromatic carbocycles. The molecule has 6 N–H and O–H groups in total. The van der Waals surface area contributed by atoms with Crippen molar-refractivity contribution in [1.29, 1.82) is 0 Å². The average molecular weight is 305 g/mol. The Hall–Kier alpha value is -2.52. The van der Waals surface area contributed by atoms with Gasteiger partial charge in [-0.15, -0.1) is 5.10 Å². The molecule has 1 aromatic heterocycles. The van der Waals surface area contributed by atoms with Gasteiger partial charge in [-0.05, 0) is 17.7 Å². The van der Waals surface area contributed by atoms with Crippen molar-refractivity contribution < 1.29 is 9.18 Å². The molecule has 9 heteroatoms. The normalized spacial score (nSPS) is 21.0. The van der Waals surface area contributed by atoms with Crippen molar-refractivity contribution in [3.05, 3.63) is 41.5 Å². The SMILES string of the molecule is Nc1n[nH]c(CNC(=O)C2CNNC2c2cccc(F)c2)n1. The van der Waals surface area contributed by atoms with E-state index < -0.39 is 0 Å². The number of hydrogen-bond donors (Lipinski definition) is 5. The number of rotatable bonds is 4. The van der Waals surface area contributed by atoms with Gasteiger partial charge in [0.05, 0.1) is 18.5 Å². The third kappa shape index (κ3) is 3.05. The third-order valence-electron chi connectivity index (χ3n) is 3.51. The Labute approximate surface area is 125 Å². The van der Waals surface area contributed by atoms with Crippen LogP contribution < -0.4 is 21.9 Å². The number of aromatic amines is 1. The molecule has 2 atom stereocenters. The number of nitrogens with two attached hydrogens (primary N) is 1. The predicted octanol–water partition coefficient (Wildman–Crippen LogP) is -0.393. The molecule has 1 fully saturated rings. The third-order valence-corrected chi connectivity index (χ3v) is 3.51. The predicted molar refractivity (Wildman–Crippen MR) is 76.4 cm³/mol. The molecule has 2 heterocycles. The van der Waals surface area contributed by atoms with Gasteiger partial charge in [0, 0.05) is 6.54 Å². The molecule has 1 aliphatic rings. The number of nitrogens with one attached hydrogen (secondary N) is 4.